The van der Waals surface area contributed by atoms with Gasteiger partial charge < -0.3 is 0 Å². The molecule has 0 fully saturated rings. The molecule has 0 nitrogen and oxygen atoms in total. The van der Waals surface area contributed by atoms with Crippen LogP contribution in [0.4, 0.5) is 0 Å². The molecule has 0 aromatic heterocycles. The summed E-state index contributed by atoms with van der Waals surface area (Å²) in [7, 11) is -1.40. The standard InChI is InChI=1S/C19H17BrSi/c20-15-16-9-7-8-14-19(16)21(17-10-3-1-4-11-17)18-12-5-2-6-13-18/h1-14,21H,15H2. The predicted octanol–water partition coefficient (Wildman–Crippen LogP) is 2.83. The zero-order valence-corrected chi connectivity index (χ0v) is 14.5. The van der Waals surface area contributed by atoms with Gasteiger partial charge in [0.15, 0.2) is 0 Å². The minimum absolute atomic E-state index is 0.909. The molecule has 0 saturated heterocycles. The highest BCUT2D eigenvalue weighted by atomic mass is 79.9. The quantitative estimate of drug-likeness (QED) is 0.384. The highest BCUT2D eigenvalue weighted by Crippen LogP contribution is 2.05. The summed E-state index contributed by atoms with van der Waals surface area (Å²) < 4.78 is 0. The number of hydrogen-bond donors (Lipinski definition) is 0. The highest BCUT2D eigenvalue weighted by molar-refractivity contribution is 9.08. The van der Waals surface area contributed by atoms with Crippen molar-refractivity contribution in [1.82, 2.24) is 0 Å². The van der Waals surface area contributed by atoms with Gasteiger partial charge in [0.25, 0.3) is 0 Å². The fourth-order valence-electron chi connectivity index (χ4n) is 2.78. The lowest BCUT2D eigenvalue weighted by atomic mass is 10.2. The Kier molecular flexibility index (Phi) is 4.68. The van der Waals surface area contributed by atoms with Crippen LogP contribution in [0, 0.1) is 0 Å². The molecule has 21 heavy (non-hydrogen) atoms. The van der Waals surface area contributed by atoms with Crippen LogP contribution in [0.3, 0.4) is 0 Å². The van der Waals surface area contributed by atoms with Crippen molar-refractivity contribution in [2.24, 2.45) is 0 Å². The lowest BCUT2D eigenvalue weighted by Gasteiger charge is -2.19. The van der Waals surface area contributed by atoms with E-state index in [-0.39, 0.29) is 0 Å². The zero-order chi connectivity index (χ0) is 14.5. The van der Waals surface area contributed by atoms with Crippen LogP contribution in [-0.2, 0) is 5.33 Å². The Balaban J connectivity index is 2.17. The number of rotatable bonds is 4. The van der Waals surface area contributed by atoms with Crippen molar-refractivity contribution in [3.8, 4) is 0 Å². The van der Waals surface area contributed by atoms with Crippen LogP contribution in [0.15, 0.2) is 84.9 Å². The van der Waals surface area contributed by atoms with Crippen LogP contribution in [0.2, 0.25) is 0 Å². The Bertz CT molecular complexity index is 656. The van der Waals surface area contributed by atoms with E-state index in [9.17, 15) is 0 Å². The monoisotopic (exact) mass is 352 g/mol. The molecular weight excluding hydrogens is 336 g/mol. The number of halogens is 1. The topological polar surface area (TPSA) is 0 Å². The normalized spacial score (nSPS) is 10.8. The minimum atomic E-state index is -1.40. The molecule has 0 aliphatic rings. The second-order valence-corrected chi connectivity index (χ2v) is 8.47. The molecular formula is C19H17BrSi. The number of benzene rings is 3. The van der Waals surface area contributed by atoms with E-state index in [0.717, 1.165) is 5.33 Å². The minimum Gasteiger partial charge on any atom is -0.0876 e. The molecule has 0 atom stereocenters. The third-order valence-electron chi connectivity index (χ3n) is 3.78. The molecule has 0 unspecified atom stereocenters. The van der Waals surface area contributed by atoms with Gasteiger partial charge >= 0.3 is 0 Å². The van der Waals surface area contributed by atoms with E-state index in [0.29, 0.717) is 0 Å². The van der Waals surface area contributed by atoms with Gasteiger partial charge in [-0.3, -0.25) is 0 Å². The Labute approximate surface area is 136 Å². The summed E-state index contributed by atoms with van der Waals surface area (Å²) >= 11 is 3.64. The fraction of sp³-hybridized carbons (Fsp3) is 0.0526. The number of hydrogen-bond acceptors (Lipinski definition) is 0. The largest absolute Gasteiger partial charge is 0.133 e. The maximum Gasteiger partial charge on any atom is 0.133 e. The van der Waals surface area contributed by atoms with Gasteiger partial charge in [0, 0.05) is 5.33 Å². The molecule has 3 rings (SSSR count). The van der Waals surface area contributed by atoms with E-state index in [1.165, 1.54) is 21.1 Å². The van der Waals surface area contributed by atoms with Gasteiger partial charge in [-0.1, -0.05) is 111 Å². The van der Waals surface area contributed by atoms with Gasteiger partial charge in [-0.2, -0.15) is 0 Å². The molecule has 0 saturated carbocycles. The lowest BCUT2D eigenvalue weighted by molar-refractivity contribution is 1.47. The molecule has 0 aliphatic carbocycles. The first-order valence-electron chi connectivity index (χ1n) is 7.14. The molecule has 3 aromatic rings. The first-order chi connectivity index (χ1) is 10.4. The summed E-state index contributed by atoms with van der Waals surface area (Å²) in [6, 6.07) is 30.7. The predicted molar refractivity (Wildman–Crippen MR) is 98.0 cm³/mol. The average molecular weight is 353 g/mol. The van der Waals surface area contributed by atoms with Gasteiger partial charge in [-0.25, -0.2) is 0 Å². The summed E-state index contributed by atoms with van der Waals surface area (Å²) in [5, 5.41) is 5.35. The summed E-state index contributed by atoms with van der Waals surface area (Å²) in [6.07, 6.45) is 0. The summed E-state index contributed by atoms with van der Waals surface area (Å²) in [5.74, 6) is 0. The third-order valence-corrected chi connectivity index (χ3v) is 7.67. The van der Waals surface area contributed by atoms with Crippen molar-refractivity contribution in [2.75, 3.05) is 0 Å². The van der Waals surface area contributed by atoms with Gasteiger partial charge in [0.2, 0.25) is 0 Å². The van der Waals surface area contributed by atoms with Gasteiger partial charge in [-0.05, 0) is 10.8 Å². The molecule has 0 heterocycles. The van der Waals surface area contributed by atoms with Crippen molar-refractivity contribution in [3.05, 3.63) is 90.5 Å². The van der Waals surface area contributed by atoms with Crippen molar-refractivity contribution in [2.45, 2.75) is 5.33 Å². The fourth-order valence-corrected chi connectivity index (χ4v) is 6.78. The lowest BCUT2D eigenvalue weighted by Crippen LogP contribution is -2.53. The maximum atomic E-state index is 3.64. The molecule has 0 aliphatic heterocycles. The smallest absolute Gasteiger partial charge is 0.0876 e. The Morgan fingerprint density at radius 3 is 1.62 bits per heavy atom. The van der Waals surface area contributed by atoms with Crippen molar-refractivity contribution < 1.29 is 0 Å². The van der Waals surface area contributed by atoms with Crippen LogP contribution < -0.4 is 15.6 Å². The van der Waals surface area contributed by atoms with Crippen molar-refractivity contribution in [1.29, 1.82) is 0 Å². The zero-order valence-electron chi connectivity index (χ0n) is 11.7. The molecule has 2 heteroatoms. The van der Waals surface area contributed by atoms with Crippen LogP contribution in [0.5, 0.6) is 0 Å². The Morgan fingerprint density at radius 1 is 0.619 bits per heavy atom. The van der Waals surface area contributed by atoms with Crippen LogP contribution >= 0.6 is 15.9 Å². The SMILES string of the molecule is BrCc1ccccc1[SiH](c1ccccc1)c1ccccc1. The average Bonchev–Trinajstić information content (AvgIpc) is 2.58. The Morgan fingerprint density at radius 2 is 1.10 bits per heavy atom. The first-order valence-corrected chi connectivity index (χ1v) is 9.99. The third kappa shape index (κ3) is 3.17. The molecule has 0 spiro atoms. The second kappa shape index (κ2) is 6.88. The van der Waals surface area contributed by atoms with E-state index in [4.69, 9.17) is 0 Å². The highest BCUT2D eigenvalue weighted by Gasteiger charge is 2.20. The summed E-state index contributed by atoms with van der Waals surface area (Å²) in [4.78, 5) is 0. The van der Waals surface area contributed by atoms with Gasteiger partial charge in [0.05, 0.1) is 0 Å². The van der Waals surface area contributed by atoms with E-state index in [1.807, 2.05) is 0 Å². The molecule has 3 aromatic carbocycles. The van der Waals surface area contributed by atoms with Crippen molar-refractivity contribution >= 4 is 40.3 Å². The maximum absolute atomic E-state index is 3.64. The summed E-state index contributed by atoms with van der Waals surface area (Å²) in [5.41, 5.74) is 1.40. The van der Waals surface area contributed by atoms with E-state index in [1.54, 1.807) is 0 Å². The van der Waals surface area contributed by atoms with E-state index < -0.39 is 8.80 Å². The van der Waals surface area contributed by atoms with E-state index >= 15 is 0 Å². The van der Waals surface area contributed by atoms with Crippen molar-refractivity contribution in [3.63, 3.8) is 0 Å². The Hall–Kier alpha value is -1.64. The van der Waals surface area contributed by atoms with Crippen LogP contribution in [0.25, 0.3) is 0 Å². The van der Waals surface area contributed by atoms with Gasteiger partial charge in [-0.15, -0.1) is 0 Å². The first kappa shape index (κ1) is 14.3. The summed E-state index contributed by atoms with van der Waals surface area (Å²) in [6.45, 7) is 0. The molecule has 104 valence electrons. The van der Waals surface area contributed by atoms with Crippen LogP contribution in [-0.4, -0.2) is 8.80 Å². The molecule has 0 bridgehead atoms. The van der Waals surface area contributed by atoms with E-state index in [2.05, 4.69) is 101 Å². The van der Waals surface area contributed by atoms with Gasteiger partial charge in [0.1, 0.15) is 8.80 Å². The number of alkyl halides is 1. The molecule has 0 N–H and O–H groups in total. The molecule has 0 amide bonds. The van der Waals surface area contributed by atoms with Crippen LogP contribution in [0.1, 0.15) is 5.56 Å². The molecule has 0 radical (unpaired) electrons. The second-order valence-electron chi connectivity index (χ2n) is 5.09.